The molecule has 10 heteroatoms. The first kappa shape index (κ1) is 22.1. The molecule has 1 fully saturated rings. The fourth-order valence-electron chi connectivity index (χ4n) is 3.86. The summed E-state index contributed by atoms with van der Waals surface area (Å²) in [6.07, 6.45) is 0.00115. The molecular formula is C23H23N5O5. The highest BCUT2D eigenvalue weighted by atomic mass is 16.6. The first-order chi connectivity index (χ1) is 15.8. The summed E-state index contributed by atoms with van der Waals surface area (Å²) >= 11 is 0. The molecule has 0 saturated carbocycles. The largest absolute Gasteiger partial charge is 0.338 e. The Morgan fingerprint density at radius 1 is 1.18 bits per heavy atom. The van der Waals surface area contributed by atoms with Gasteiger partial charge in [0.2, 0.25) is 5.91 Å². The van der Waals surface area contributed by atoms with Gasteiger partial charge in [-0.3, -0.25) is 19.7 Å². The highest BCUT2D eigenvalue weighted by Crippen LogP contribution is 2.22. The number of aromatic nitrogens is 2. The molecule has 33 heavy (non-hydrogen) atoms. The van der Waals surface area contributed by atoms with Gasteiger partial charge in [0.15, 0.2) is 5.82 Å². The van der Waals surface area contributed by atoms with Crippen molar-refractivity contribution >= 4 is 17.5 Å². The van der Waals surface area contributed by atoms with Crippen molar-refractivity contribution in [3.8, 4) is 11.5 Å². The summed E-state index contributed by atoms with van der Waals surface area (Å²) in [4.78, 5) is 44.1. The fraction of sp³-hybridized carbons (Fsp3) is 0.304. The maximum Gasteiger partial charge on any atom is 0.273 e. The van der Waals surface area contributed by atoms with Crippen LogP contribution in [-0.4, -0.2) is 62.4 Å². The Balaban J connectivity index is 1.38. The van der Waals surface area contributed by atoms with E-state index in [1.54, 1.807) is 28.9 Å². The second-order valence-corrected chi connectivity index (χ2v) is 8.00. The van der Waals surface area contributed by atoms with Crippen LogP contribution in [0.15, 0.2) is 53.1 Å². The van der Waals surface area contributed by atoms with Gasteiger partial charge in [0.25, 0.3) is 17.5 Å². The van der Waals surface area contributed by atoms with Gasteiger partial charge in [0.05, 0.1) is 11.3 Å². The lowest BCUT2D eigenvalue weighted by molar-refractivity contribution is -0.385. The van der Waals surface area contributed by atoms with Crippen LogP contribution >= 0.6 is 0 Å². The summed E-state index contributed by atoms with van der Waals surface area (Å²) < 4.78 is 5.26. The first-order valence-corrected chi connectivity index (χ1v) is 10.6. The number of nitro benzene ring substituents is 1. The second-order valence-electron chi connectivity index (χ2n) is 8.00. The van der Waals surface area contributed by atoms with Gasteiger partial charge in [-0.15, -0.1) is 0 Å². The van der Waals surface area contributed by atoms with Crippen LogP contribution in [0.25, 0.3) is 11.5 Å². The van der Waals surface area contributed by atoms with E-state index in [0.717, 1.165) is 5.56 Å². The molecule has 2 heterocycles. The van der Waals surface area contributed by atoms with Gasteiger partial charge in [-0.2, -0.15) is 4.98 Å². The maximum absolute atomic E-state index is 13.0. The normalized spacial score (nSPS) is 16.0. The number of benzene rings is 2. The van der Waals surface area contributed by atoms with Crippen LogP contribution in [0, 0.1) is 17.0 Å². The zero-order chi connectivity index (χ0) is 23.5. The van der Waals surface area contributed by atoms with Gasteiger partial charge in [0, 0.05) is 48.4 Å². The lowest BCUT2D eigenvalue weighted by Crippen LogP contribution is -2.55. The number of piperazine rings is 1. The smallest absolute Gasteiger partial charge is 0.273 e. The topological polar surface area (TPSA) is 123 Å². The van der Waals surface area contributed by atoms with Gasteiger partial charge in [-0.25, -0.2) is 0 Å². The van der Waals surface area contributed by atoms with Gasteiger partial charge >= 0.3 is 0 Å². The van der Waals surface area contributed by atoms with Gasteiger partial charge in [0.1, 0.15) is 0 Å². The average Bonchev–Trinajstić information content (AvgIpc) is 3.27. The lowest BCUT2D eigenvalue weighted by Gasteiger charge is -2.39. The summed E-state index contributed by atoms with van der Waals surface area (Å²) in [6, 6.07) is 13.5. The van der Waals surface area contributed by atoms with Gasteiger partial charge in [-0.1, -0.05) is 29.4 Å². The second kappa shape index (κ2) is 9.19. The van der Waals surface area contributed by atoms with Crippen LogP contribution in [0.3, 0.4) is 0 Å². The zero-order valence-electron chi connectivity index (χ0n) is 18.3. The third-order valence-electron chi connectivity index (χ3n) is 5.69. The van der Waals surface area contributed by atoms with Crippen molar-refractivity contribution in [1.29, 1.82) is 0 Å². The Labute approximate surface area is 190 Å². The molecular weight excluding hydrogens is 426 g/mol. The summed E-state index contributed by atoms with van der Waals surface area (Å²) in [7, 11) is 0. The predicted molar refractivity (Wildman–Crippen MR) is 118 cm³/mol. The number of aryl methyl sites for hydroxylation is 1. The zero-order valence-corrected chi connectivity index (χ0v) is 18.3. The van der Waals surface area contributed by atoms with E-state index in [4.69, 9.17) is 4.52 Å². The van der Waals surface area contributed by atoms with Gasteiger partial charge < -0.3 is 14.3 Å². The van der Waals surface area contributed by atoms with Crippen molar-refractivity contribution in [2.24, 2.45) is 0 Å². The number of hydrogen-bond donors (Lipinski definition) is 0. The molecule has 0 spiro atoms. The monoisotopic (exact) mass is 449 g/mol. The van der Waals surface area contributed by atoms with Crippen LogP contribution in [0.1, 0.15) is 28.7 Å². The van der Waals surface area contributed by atoms with Crippen LogP contribution in [-0.2, 0) is 11.2 Å². The van der Waals surface area contributed by atoms with E-state index in [1.807, 2.05) is 37.3 Å². The standard InChI is InChI=1S/C23H23N5O5/c1-15-8-9-18(12-19(15)28(31)32)23(30)27-11-10-26(14-16(27)2)21(29)13-20-24-22(33-25-20)17-6-4-3-5-7-17/h3-9,12,16H,10-11,13-14H2,1-2H3. The first-order valence-electron chi connectivity index (χ1n) is 10.6. The Hall–Kier alpha value is -4.08. The number of hydrogen-bond acceptors (Lipinski definition) is 7. The highest BCUT2D eigenvalue weighted by Gasteiger charge is 2.31. The number of rotatable bonds is 5. The van der Waals surface area contributed by atoms with E-state index in [0.29, 0.717) is 36.9 Å². The number of amides is 2. The number of carbonyl (C=O) groups excluding carboxylic acids is 2. The van der Waals surface area contributed by atoms with Crippen LogP contribution in [0.5, 0.6) is 0 Å². The van der Waals surface area contributed by atoms with Crippen molar-refractivity contribution in [2.75, 3.05) is 19.6 Å². The van der Waals surface area contributed by atoms with Crippen LogP contribution in [0.4, 0.5) is 5.69 Å². The van der Waals surface area contributed by atoms with E-state index in [1.165, 1.54) is 6.07 Å². The van der Waals surface area contributed by atoms with Crippen molar-refractivity contribution in [3.05, 3.63) is 75.6 Å². The Morgan fingerprint density at radius 2 is 1.94 bits per heavy atom. The maximum atomic E-state index is 13.0. The fourth-order valence-corrected chi connectivity index (χ4v) is 3.86. The Morgan fingerprint density at radius 3 is 2.64 bits per heavy atom. The van der Waals surface area contributed by atoms with Crippen molar-refractivity contribution in [3.63, 3.8) is 0 Å². The van der Waals surface area contributed by atoms with Crippen molar-refractivity contribution in [2.45, 2.75) is 26.3 Å². The molecule has 1 aromatic heterocycles. The average molecular weight is 449 g/mol. The summed E-state index contributed by atoms with van der Waals surface area (Å²) in [5.74, 6) is 0.218. The Kier molecular flexibility index (Phi) is 6.16. The quantitative estimate of drug-likeness (QED) is 0.433. The van der Waals surface area contributed by atoms with Crippen LogP contribution < -0.4 is 0 Å². The molecule has 2 amide bonds. The summed E-state index contributed by atoms with van der Waals surface area (Å²) in [6.45, 7) is 4.51. The SMILES string of the molecule is Cc1ccc(C(=O)N2CCN(C(=O)Cc3noc(-c4ccccc4)n3)CC2C)cc1[N+](=O)[O-]. The lowest BCUT2D eigenvalue weighted by atomic mass is 10.1. The summed E-state index contributed by atoms with van der Waals surface area (Å²) in [5.41, 5.74) is 1.45. The highest BCUT2D eigenvalue weighted by molar-refractivity contribution is 5.95. The van der Waals surface area contributed by atoms with Gasteiger partial charge in [-0.05, 0) is 32.0 Å². The molecule has 170 valence electrons. The molecule has 1 saturated heterocycles. The minimum atomic E-state index is -0.493. The van der Waals surface area contributed by atoms with E-state index >= 15 is 0 Å². The van der Waals surface area contributed by atoms with Crippen molar-refractivity contribution < 1.29 is 19.0 Å². The molecule has 0 bridgehead atoms. The number of nitro groups is 1. The molecule has 0 N–H and O–H groups in total. The molecule has 3 aromatic rings. The van der Waals surface area contributed by atoms with Crippen molar-refractivity contribution in [1.82, 2.24) is 19.9 Å². The van der Waals surface area contributed by atoms with E-state index in [-0.39, 0.29) is 35.5 Å². The minimum absolute atomic E-state index is 0.00115. The molecule has 2 aromatic carbocycles. The number of nitrogens with zero attached hydrogens (tertiary/aromatic N) is 5. The van der Waals surface area contributed by atoms with Crippen LogP contribution in [0.2, 0.25) is 0 Å². The number of carbonyl (C=O) groups is 2. The van der Waals surface area contributed by atoms with E-state index < -0.39 is 4.92 Å². The minimum Gasteiger partial charge on any atom is -0.338 e. The van der Waals surface area contributed by atoms with E-state index in [2.05, 4.69) is 10.1 Å². The third kappa shape index (κ3) is 4.74. The summed E-state index contributed by atoms with van der Waals surface area (Å²) in [5, 5.41) is 15.1. The molecule has 0 radical (unpaired) electrons. The molecule has 0 aliphatic carbocycles. The molecule has 1 aliphatic heterocycles. The molecule has 1 atom stereocenters. The van der Waals surface area contributed by atoms with E-state index in [9.17, 15) is 19.7 Å². The Bertz CT molecular complexity index is 1190. The third-order valence-corrected chi connectivity index (χ3v) is 5.69. The molecule has 1 unspecified atom stereocenters. The molecule has 4 rings (SSSR count). The molecule has 10 nitrogen and oxygen atoms in total. The molecule has 1 aliphatic rings. The predicted octanol–water partition coefficient (Wildman–Crippen LogP) is 2.87.